The van der Waals surface area contributed by atoms with Crippen LogP contribution in [0.3, 0.4) is 0 Å². The summed E-state index contributed by atoms with van der Waals surface area (Å²) in [5.74, 6) is 0. The fourth-order valence-electron chi connectivity index (χ4n) is 1.45. The minimum Gasteiger partial charge on any atom is -0.302 e. The first-order chi connectivity index (χ1) is 6.15. The van der Waals surface area contributed by atoms with E-state index in [1.165, 1.54) is 5.56 Å². The van der Waals surface area contributed by atoms with Gasteiger partial charge in [-0.1, -0.05) is 30.7 Å². The third-order valence-electron chi connectivity index (χ3n) is 2.08. The Labute approximate surface area is 85.3 Å². The minimum atomic E-state index is 0.372. The molecule has 0 aliphatic rings. The Balaban J connectivity index is 2.86. The number of benzene rings is 1. The van der Waals surface area contributed by atoms with Gasteiger partial charge in [-0.25, -0.2) is 0 Å². The first kappa shape index (κ1) is 10.6. The lowest BCUT2D eigenvalue weighted by Gasteiger charge is -2.22. The van der Waals surface area contributed by atoms with Crippen molar-refractivity contribution in [2.75, 3.05) is 14.1 Å². The van der Waals surface area contributed by atoms with Crippen LogP contribution in [-0.4, -0.2) is 19.0 Å². The standard InChI is InChI=1S/C11H15ClN/c1-4-11(13(2)3)9-5-7-10(12)8-6-9/h4-8,11H,1-3H3. The summed E-state index contributed by atoms with van der Waals surface area (Å²) in [6, 6.07) is 8.35. The zero-order valence-electron chi connectivity index (χ0n) is 8.29. The molecule has 0 spiro atoms. The topological polar surface area (TPSA) is 3.24 Å². The highest BCUT2D eigenvalue weighted by Gasteiger charge is 2.10. The summed E-state index contributed by atoms with van der Waals surface area (Å²) in [5.41, 5.74) is 1.27. The summed E-state index contributed by atoms with van der Waals surface area (Å²) in [7, 11) is 4.14. The second-order valence-corrected chi connectivity index (χ2v) is 3.73. The molecule has 0 N–H and O–H groups in total. The van der Waals surface area contributed by atoms with Crippen molar-refractivity contribution in [2.24, 2.45) is 0 Å². The van der Waals surface area contributed by atoms with Gasteiger partial charge in [0.25, 0.3) is 0 Å². The summed E-state index contributed by atoms with van der Waals surface area (Å²) >= 11 is 5.82. The molecule has 0 saturated carbocycles. The molecular formula is C11H15ClN. The molecule has 0 aliphatic heterocycles. The van der Waals surface area contributed by atoms with Crippen molar-refractivity contribution >= 4 is 11.6 Å². The Bertz CT molecular complexity index is 253. The molecule has 1 aromatic rings. The van der Waals surface area contributed by atoms with Gasteiger partial charge in [-0.05, 0) is 38.2 Å². The summed E-state index contributed by atoms with van der Waals surface area (Å²) in [4.78, 5) is 2.17. The van der Waals surface area contributed by atoms with Gasteiger partial charge >= 0.3 is 0 Å². The van der Waals surface area contributed by atoms with Crippen LogP contribution < -0.4 is 0 Å². The Morgan fingerprint density at radius 3 is 2.15 bits per heavy atom. The third-order valence-corrected chi connectivity index (χ3v) is 2.34. The van der Waals surface area contributed by atoms with Gasteiger partial charge in [0.1, 0.15) is 0 Å². The summed E-state index contributed by atoms with van der Waals surface area (Å²) in [6.07, 6.45) is 2.17. The maximum atomic E-state index is 5.82. The van der Waals surface area contributed by atoms with E-state index in [1.807, 2.05) is 12.1 Å². The zero-order valence-corrected chi connectivity index (χ0v) is 9.05. The van der Waals surface area contributed by atoms with Gasteiger partial charge in [-0.15, -0.1) is 0 Å². The zero-order chi connectivity index (χ0) is 9.84. The van der Waals surface area contributed by atoms with Crippen LogP contribution >= 0.6 is 11.6 Å². The van der Waals surface area contributed by atoms with Crippen LogP contribution in [0, 0.1) is 6.42 Å². The van der Waals surface area contributed by atoms with E-state index in [0.717, 1.165) is 5.02 Å². The van der Waals surface area contributed by atoms with Gasteiger partial charge in [0, 0.05) is 11.1 Å². The highest BCUT2D eigenvalue weighted by molar-refractivity contribution is 6.30. The number of hydrogen-bond donors (Lipinski definition) is 0. The molecule has 71 valence electrons. The van der Waals surface area contributed by atoms with Crippen molar-refractivity contribution in [3.8, 4) is 0 Å². The summed E-state index contributed by atoms with van der Waals surface area (Å²) in [6.45, 7) is 2.07. The van der Waals surface area contributed by atoms with Crippen molar-refractivity contribution in [3.63, 3.8) is 0 Å². The van der Waals surface area contributed by atoms with E-state index < -0.39 is 0 Å². The molecule has 0 amide bonds. The van der Waals surface area contributed by atoms with Crippen LogP contribution in [0.5, 0.6) is 0 Å². The van der Waals surface area contributed by atoms with E-state index in [1.54, 1.807) is 0 Å². The largest absolute Gasteiger partial charge is 0.302 e. The van der Waals surface area contributed by atoms with Gasteiger partial charge in [0.15, 0.2) is 0 Å². The van der Waals surface area contributed by atoms with Crippen molar-refractivity contribution < 1.29 is 0 Å². The fourth-order valence-corrected chi connectivity index (χ4v) is 1.57. The molecule has 0 heterocycles. The SMILES string of the molecule is C[CH]C(c1ccc(Cl)cc1)N(C)C. The molecule has 1 nitrogen and oxygen atoms in total. The Morgan fingerprint density at radius 1 is 1.23 bits per heavy atom. The lowest BCUT2D eigenvalue weighted by Crippen LogP contribution is -2.19. The maximum absolute atomic E-state index is 5.82. The Kier molecular flexibility index (Phi) is 3.76. The lowest BCUT2D eigenvalue weighted by atomic mass is 10.0. The average molecular weight is 197 g/mol. The molecule has 0 fully saturated rings. The smallest absolute Gasteiger partial charge is 0.0406 e. The van der Waals surface area contributed by atoms with Crippen LogP contribution in [0.4, 0.5) is 0 Å². The maximum Gasteiger partial charge on any atom is 0.0406 e. The van der Waals surface area contributed by atoms with E-state index in [9.17, 15) is 0 Å². The molecule has 1 aromatic carbocycles. The van der Waals surface area contributed by atoms with E-state index in [-0.39, 0.29) is 0 Å². The van der Waals surface area contributed by atoms with E-state index in [2.05, 4.69) is 44.5 Å². The van der Waals surface area contributed by atoms with Gasteiger partial charge in [-0.3, -0.25) is 0 Å². The molecular weight excluding hydrogens is 182 g/mol. The van der Waals surface area contributed by atoms with E-state index in [4.69, 9.17) is 11.6 Å². The van der Waals surface area contributed by atoms with Crippen LogP contribution in [-0.2, 0) is 0 Å². The van der Waals surface area contributed by atoms with E-state index in [0.29, 0.717) is 6.04 Å². The van der Waals surface area contributed by atoms with Gasteiger partial charge < -0.3 is 4.90 Å². The second-order valence-electron chi connectivity index (χ2n) is 3.29. The van der Waals surface area contributed by atoms with Crippen molar-refractivity contribution in [1.82, 2.24) is 4.90 Å². The van der Waals surface area contributed by atoms with Gasteiger partial charge in [-0.2, -0.15) is 0 Å². The predicted octanol–water partition coefficient (Wildman–Crippen LogP) is 3.17. The quantitative estimate of drug-likeness (QED) is 0.718. The lowest BCUT2D eigenvalue weighted by molar-refractivity contribution is 0.333. The van der Waals surface area contributed by atoms with Crippen molar-refractivity contribution in [2.45, 2.75) is 13.0 Å². The monoisotopic (exact) mass is 196 g/mol. The fraction of sp³-hybridized carbons (Fsp3) is 0.364. The summed E-state index contributed by atoms with van der Waals surface area (Å²) < 4.78 is 0. The normalized spacial score (nSPS) is 13.3. The Hall–Kier alpha value is -0.530. The van der Waals surface area contributed by atoms with E-state index >= 15 is 0 Å². The predicted molar refractivity (Wildman–Crippen MR) is 57.9 cm³/mol. The molecule has 1 atom stereocenters. The number of halogens is 1. The molecule has 0 aliphatic carbocycles. The average Bonchev–Trinajstić information content (AvgIpc) is 2.09. The number of rotatable bonds is 3. The van der Waals surface area contributed by atoms with Crippen LogP contribution in [0.25, 0.3) is 0 Å². The second kappa shape index (κ2) is 4.64. The molecule has 1 rings (SSSR count). The van der Waals surface area contributed by atoms with Crippen LogP contribution in [0.1, 0.15) is 18.5 Å². The number of nitrogens with zero attached hydrogens (tertiary/aromatic N) is 1. The van der Waals surface area contributed by atoms with Crippen LogP contribution in [0.15, 0.2) is 24.3 Å². The summed E-state index contributed by atoms with van der Waals surface area (Å²) in [5, 5.41) is 0.789. The highest BCUT2D eigenvalue weighted by Crippen LogP contribution is 2.22. The minimum absolute atomic E-state index is 0.372. The van der Waals surface area contributed by atoms with Gasteiger partial charge in [0.2, 0.25) is 0 Å². The van der Waals surface area contributed by atoms with Crippen LogP contribution in [0.2, 0.25) is 5.02 Å². The van der Waals surface area contributed by atoms with Crippen molar-refractivity contribution in [1.29, 1.82) is 0 Å². The molecule has 13 heavy (non-hydrogen) atoms. The number of hydrogen-bond acceptors (Lipinski definition) is 1. The Morgan fingerprint density at radius 2 is 1.77 bits per heavy atom. The first-order valence-electron chi connectivity index (χ1n) is 4.36. The first-order valence-corrected chi connectivity index (χ1v) is 4.74. The molecule has 0 aromatic heterocycles. The van der Waals surface area contributed by atoms with Gasteiger partial charge in [0.05, 0.1) is 0 Å². The molecule has 0 bridgehead atoms. The molecule has 1 radical (unpaired) electrons. The highest BCUT2D eigenvalue weighted by atomic mass is 35.5. The molecule has 0 saturated heterocycles. The molecule has 1 unspecified atom stereocenters. The van der Waals surface area contributed by atoms with Crippen molar-refractivity contribution in [3.05, 3.63) is 41.3 Å². The third kappa shape index (κ3) is 2.71. The molecule has 2 heteroatoms.